The summed E-state index contributed by atoms with van der Waals surface area (Å²) in [6.07, 6.45) is 1.91. The number of aromatic nitrogens is 1. The fourth-order valence-electron chi connectivity index (χ4n) is 2.65. The topological polar surface area (TPSA) is 41.9 Å². The van der Waals surface area contributed by atoms with Gasteiger partial charge in [0.15, 0.2) is 5.11 Å². The minimum atomic E-state index is -2.82. The van der Waals surface area contributed by atoms with Gasteiger partial charge in [0.2, 0.25) is 0 Å². The molecule has 25 heavy (non-hydrogen) atoms. The summed E-state index contributed by atoms with van der Waals surface area (Å²) in [5.41, 5.74) is 0.741. The predicted molar refractivity (Wildman–Crippen MR) is 96.1 cm³/mol. The van der Waals surface area contributed by atoms with Crippen LogP contribution in [-0.2, 0) is 0 Å². The quantitative estimate of drug-likeness (QED) is 0.844. The highest BCUT2D eigenvalue weighted by molar-refractivity contribution is 7.80. The van der Waals surface area contributed by atoms with Gasteiger partial charge in [0, 0.05) is 11.8 Å². The Labute approximate surface area is 150 Å². The summed E-state index contributed by atoms with van der Waals surface area (Å²) in [5, 5.41) is 3.76. The molecule has 2 heterocycles. The standard InChI is InChI=1S/C17H18F2N4OS/c18-16(19)24-14-6-4-13(5-7-14)21-17(25)23-11-9-22(10-12-23)15-3-1-2-8-20-15/h1-8,16H,9-12H2,(H,21,25)/p+1. The van der Waals surface area contributed by atoms with E-state index in [0.717, 1.165) is 37.7 Å². The highest BCUT2D eigenvalue weighted by Crippen LogP contribution is 2.18. The number of alkyl halides is 2. The number of ether oxygens (including phenoxy) is 1. The van der Waals surface area contributed by atoms with Crippen LogP contribution in [0.5, 0.6) is 5.75 Å². The molecule has 0 saturated carbocycles. The third-order valence-electron chi connectivity index (χ3n) is 3.93. The van der Waals surface area contributed by atoms with Gasteiger partial charge in [0.1, 0.15) is 18.8 Å². The Kier molecular flexibility index (Phi) is 5.60. The maximum absolute atomic E-state index is 12.2. The van der Waals surface area contributed by atoms with E-state index in [-0.39, 0.29) is 5.75 Å². The van der Waals surface area contributed by atoms with E-state index in [9.17, 15) is 8.78 Å². The van der Waals surface area contributed by atoms with Crippen molar-refractivity contribution in [2.75, 3.05) is 36.4 Å². The highest BCUT2D eigenvalue weighted by Gasteiger charge is 2.24. The van der Waals surface area contributed by atoms with Crippen LogP contribution in [-0.4, -0.2) is 42.8 Å². The van der Waals surface area contributed by atoms with E-state index in [0.29, 0.717) is 5.11 Å². The summed E-state index contributed by atoms with van der Waals surface area (Å²) < 4.78 is 28.6. The lowest BCUT2D eigenvalue weighted by Crippen LogP contribution is -2.51. The molecule has 5 nitrogen and oxygen atoms in total. The van der Waals surface area contributed by atoms with E-state index in [2.05, 4.69) is 30.9 Å². The summed E-state index contributed by atoms with van der Waals surface area (Å²) in [6, 6.07) is 12.3. The van der Waals surface area contributed by atoms with E-state index in [1.807, 2.05) is 18.3 Å². The molecule has 1 aliphatic rings. The van der Waals surface area contributed by atoms with Gasteiger partial charge in [-0.05, 0) is 42.5 Å². The van der Waals surface area contributed by atoms with Crippen LogP contribution in [0.2, 0.25) is 0 Å². The van der Waals surface area contributed by atoms with Crippen molar-refractivity contribution in [2.45, 2.75) is 6.61 Å². The molecule has 0 bridgehead atoms. The number of halogens is 2. The molecule has 0 aliphatic carbocycles. The van der Waals surface area contributed by atoms with Crippen molar-refractivity contribution in [3.8, 4) is 5.75 Å². The molecule has 1 saturated heterocycles. The number of aromatic amines is 1. The summed E-state index contributed by atoms with van der Waals surface area (Å²) >= 11 is 5.45. The number of piperazine rings is 1. The molecule has 0 amide bonds. The van der Waals surface area contributed by atoms with Gasteiger partial charge in [-0.15, -0.1) is 0 Å². The summed E-state index contributed by atoms with van der Waals surface area (Å²) in [7, 11) is 0. The maximum Gasteiger partial charge on any atom is 0.387 e. The predicted octanol–water partition coefficient (Wildman–Crippen LogP) is 2.62. The second kappa shape index (κ2) is 8.06. The highest BCUT2D eigenvalue weighted by atomic mass is 32.1. The third-order valence-corrected chi connectivity index (χ3v) is 4.29. The molecule has 0 spiro atoms. The van der Waals surface area contributed by atoms with E-state index in [1.165, 1.54) is 12.1 Å². The number of benzene rings is 1. The maximum atomic E-state index is 12.2. The second-order valence-electron chi connectivity index (χ2n) is 5.55. The minimum absolute atomic E-state index is 0.124. The number of thiocarbonyl (C=S) groups is 1. The smallest absolute Gasteiger partial charge is 0.387 e. The number of nitrogens with zero attached hydrogens (tertiary/aromatic N) is 2. The molecule has 1 aliphatic heterocycles. The third kappa shape index (κ3) is 4.76. The number of H-pyrrole nitrogens is 1. The van der Waals surface area contributed by atoms with Crippen LogP contribution in [0.3, 0.4) is 0 Å². The zero-order valence-electron chi connectivity index (χ0n) is 13.5. The van der Waals surface area contributed by atoms with Gasteiger partial charge in [0.05, 0.1) is 19.3 Å². The van der Waals surface area contributed by atoms with Gasteiger partial charge in [-0.1, -0.05) is 6.07 Å². The first-order valence-electron chi connectivity index (χ1n) is 7.94. The van der Waals surface area contributed by atoms with Crippen molar-refractivity contribution in [1.29, 1.82) is 0 Å². The summed E-state index contributed by atoms with van der Waals surface area (Å²) in [6.45, 7) is 0.521. The van der Waals surface area contributed by atoms with Crippen molar-refractivity contribution in [3.63, 3.8) is 0 Å². The van der Waals surface area contributed by atoms with Gasteiger partial charge in [-0.25, -0.2) is 4.98 Å². The van der Waals surface area contributed by atoms with Crippen molar-refractivity contribution >= 4 is 28.8 Å². The average Bonchev–Trinajstić information content (AvgIpc) is 2.64. The first-order chi connectivity index (χ1) is 12.1. The molecule has 1 aromatic heterocycles. The van der Waals surface area contributed by atoms with Gasteiger partial charge in [0.25, 0.3) is 5.82 Å². The molecule has 132 valence electrons. The Morgan fingerprint density at radius 3 is 2.40 bits per heavy atom. The lowest BCUT2D eigenvalue weighted by atomic mass is 10.3. The van der Waals surface area contributed by atoms with Crippen molar-refractivity contribution in [2.24, 2.45) is 0 Å². The molecule has 1 aromatic carbocycles. The van der Waals surface area contributed by atoms with E-state index >= 15 is 0 Å². The number of hydrogen-bond donors (Lipinski definition) is 1. The fraction of sp³-hybridized carbons (Fsp3) is 0.294. The first-order valence-corrected chi connectivity index (χ1v) is 8.35. The normalized spacial score (nSPS) is 14.5. The molecule has 2 aromatic rings. The van der Waals surface area contributed by atoms with Crippen LogP contribution in [0.25, 0.3) is 0 Å². The van der Waals surface area contributed by atoms with Crippen LogP contribution in [0, 0.1) is 0 Å². The minimum Gasteiger partial charge on any atom is -0.435 e. The van der Waals surface area contributed by atoms with Crippen LogP contribution >= 0.6 is 12.2 Å². The Morgan fingerprint density at radius 1 is 1.08 bits per heavy atom. The number of rotatable bonds is 4. The molecule has 3 rings (SSSR count). The van der Waals surface area contributed by atoms with Gasteiger partial charge >= 0.3 is 6.61 Å². The Balaban J connectivity index is 1.51. The molecule has 0 unspecified atom stereocenters. The van der Waals surface area contributed by atoms with Crippen molar-refractivity contribution < 1.29 is 18.5 Å². The largest absolute Gasteiger partial charge is 0.435 e. The zero-order valence-corrected chi connectivity index (χ0v) is 14.3. The lowest BCUT2D eigenvalue weighted by molar-refractivity contribution is -0.364. The van der Waals surface area contributed by atoms with E-state index < -0.39 is 6.61 Å². The van der Waals surface area contributed by atoms with Crippen molar-refractivity contribution in [1.82, 2.24) is 4.90 Å². The molecule has 0 atom stereocenters. The van der Waals surface area contributed by atoms with Gasteiger partial charge in [-0.2, -0.15) is 8.78 Å². The SMILES string of the molecule is FC(F)Oc1ccc(NC(=S)N2CCN(c3cccc[nH+]3)CC2)cc1. The van der Waals surface area contributed by atoms with Gasteiger partial charge < -0.3 is 15.0 Å². The Hall–Kier alpha value is -2.48. The molecule has 1 fully saturated rings. The van der Waals surface area contributed by atoms with Crippen LogP contribution < -0.4 is 19.9 Å². The Morgan fingerprint density at radius 2 is 1.80 bits per heavy atom. The van der Waals surface area contributed by atoms with Crippen molar-refractivity contribution in [3.05, 3.63) is 48.7 Å². The van der Waals surface area contributed by atoms with E-state index in [4.69, 9.17) is 12.2 Å². The number of pyridine rings is 1. The molecular weight excluding hydrogens is 346 g/mol. The van der Waals surface area contributed by atoms with Gasteiger partial charge in [-0.3, -0.25) is 4.90 Å². The van der Waals surface area contributed by atoms with Crippen LogP contribution in [0.4, 0.5) is 20.3 Å². The van der Waals surface area contributed by atoms with Crippen LogP contribution in [0.15, 0.2) is 48.7 Å². The molecule has 0 radical (unpaired) electrons. The fourth-order valence-corrected chi connectivity index (χ4v) is 2.95. The Bertz CT molecular complexity index is 692. The number of hydrogen-bond acceptors (Lipinski definition) is 3. The average molecular weight is 365 g/mol. The molecule has 2 N–H and O–H groups in total. The summed E-state index contributed by atoms with van der Waals surface area (Å²) in [4.78, 5) is 7.60. The zero-order chi connectivity index (χ0) is 17.6. The molecular formula is C17H19F2N4OS+. The monoisotopic (exact) mass is 365 g/mol. The summed E-state index contributed by atoms with van der Waals surface area (Å²) in [5.74, 6) is 1.22. The number of nitrogens with one attached hydrogen (secondary N) is 2. The number of anilines is 2. The lowest BCUT2D eigenvalue weighted by Gasteiger charge is -2.32. The second-order valence-corrected chi connectivity index (χ2v) is 5.94. The van der Waals surface area contributed by atoms with E-state index in [1.54, 1.807) is 12.1 Å². The van der Waals surface area contributed by atoms with Crippen LogP contribution in [0.1, 0.15) is 0 Å². The first kappa shape index (κ1) is 17.3. The molecule has 8 heteroatoms.